The van der Waals surface area contributed by atoms with E-state index in [4.69, 9.17) is 22.1 Å². The first-order valence-corrected chi connectivity index (χ1v) is 6.10. The lowest BCUT2D eigenvalue weighted by Crippen LogP contribution is -2.35. The first-order chi connectivity index (χ1) is 8.08. The molecule has 0 spiro atoms. The van der Waals surface area contributed by atoms with Crippen LogP contribution in [0.1, 0.15) is 19.5 Å². The van der Waals surface area contributed by atoms with Crippen LogP contribution in [0.5, 0.6) is 0 Å². The van der Waals surface area contributed by atoms with E-state index in [1.807, 2.05) is 0 Å². The van der Waals surface area contributed by atoms with Gasteiger partial charge in [0.2, 0.25) is 0 Å². The summed E-state index contributed by atoms with van der Waals surface area (Å²) in [5, 5.41) is 0.655. The number of ether oxygens (including phenoxy) is 1. The molecule has 0 bridgehead atoms. The van der Waals surface area contributed by atoms with Crippen molar-refractivity contribution in [2.75, 3.05) is 26.0 Å². The fourth-order valence-corrected chi connectivity index (χ4v) is 1.90. The maximum Gasteiger partial charge on any atom is 0.123 e. The van der Waals surface area contributed by atoms with E-state index in [0.717, 1.165) is 12.2 Å². The number of nitrogens with zero attached hydrogens (tertiary/aromatic N) is 2. The second-order valence-corrected chi connectivity index (χ2v) is 4.44. The zero-order valence-corrected chi connectivity index (χ0v) is 11.4. The molecule has 1 aromatic heterocycles. The summed E-state index contributed by atoms with van der Waals surface area (Å²) >= 11 is 6.10. The Morgan fingerprint density at radius 1 is 1.53 bits per heavy atom. The van der Waals surface area contributed by atoms with E-state index < -0.39 is 0 Å². The number of nitrogens with two attached hydrogens (primary N) is 1. The first kappa shape index (κ1) is 14.2. The molecule has 1 unspecified atom stereocenters. The summed E-state index contributed by atoms with van der Waals surface area (Å²) in [5.74, 6) is 0.500. The molecule has 1 heterocycles. The van der Waals surface area contributed by atoms with Crippen molar-refractivity contribution in [3.8, 4) is 0 Å². The first-order valence-electron chi connectivity index (χ1n) is 5.72. The second kappa shape index (κ2) is 6.79. The third-order valence-electron chi connectivity index (χ3n) is 2.73. The summed E-state index contributed by atoms with van der Waals surface area (Å²) in [7, 11) is 1.70. The van der Waals surface area contributed by atoms with Gasteiger partial charge in [0.25, 0.3) is 0 Å². The van der Waals surface area contributed by atoms with Gasteiger partial charge in [-0.3, -0.25) is 4.90 Å². The van der Waals surface area contributed by atoms with Crippen LogP contribution >= 0.6 is 11.6 Å². The number of nitrogen functional groups attached to an aromatic ring is 1. The Kier molecular flexibility index (Phi) is 5.68. The van der Waals surface area contributed by atoms with Crippen LogP contribution in [0.15, 0.2) is 12.1 Å². The number of halogens is 1. The van der Waals surface area contributed by atoms with Crippen LogP contribution in [-0.2, 0) is 11.3 Å². The average molecular weight is 258 g/mol. The quantitative estimate of drug-likeness (QED) is 0.849. The molecule has 0 amide bonds. The van der Waals surface area contributed by atoms with Gasteiger partial charge in [0, 0.05) is 19.7 Å². The SMILES string of the molecule is CCN(Cc1nc(N)ccc1Cl)C(C)COC. The van der Waals surface area contributed by atoms with Crippen LogP contribution in [0.2, 0.25) is 5.02 Å². The molecular formula is C12H20ClN3O. The van der Waals surface area contributed by atoms with Crippen molar-refractivity contribution < 1.29 is 4.74 Å². The highest BCUT2D eigenvalue weighted by atomic mass is 35.5. The number of pyridine rings is 1. The lowest BCUT2D eigenvalue weighted by molar-refractivity contribution is 0.0974. The molecule has 17 heavy (non-hydrogen) atoms. The Morgan fingerprint density at radius 2 is 2.24 bits per heavy atom. The van der Waals surface area contributed by atoms with Gasteiger partial charge in [-0.1, -0.05) is 18.5 Å². The van der Waals surface area contributed by atoms with Crippen LogP contribution in [0.3, 0.4) is 0 Å². The number of likely N-dealkylation sites (N-methyl/N-ethyl adjacent to an activating group) is 1. The molecule has 0 aliphatic rings. The van der Waals surface area contributed by atoms with Gasteiger partial charge >= 0.3 is 0 Å². The molecule has 0 saturated heterocycles. The van der Waals surface area contributed by atoms with E-state index in [2.05, 4.69) is 23.7 Å². The fourth-order valence-electron chi connectivity index (χ4n) is 1.73. The average Bonchev–Trinajstić information content (AvgIpc) is 2.30. The minimum absolute atomic E-state index is 0.323. The van der Waals surface area contributed by atoms with E-state index in [-0.39, 0.29) is 0 Å². The Labute approximate surface area is 108 Å². The Balaban J connectivity index is 2.76. The molecule has 0 radical (unpaired) electrons. The Morgan fingerprint density at radius 3 is 2.82 bits per heavy atom. The van der Waals surface area contributed by atoms with Gasteiger partial charge < -0.3 is 10.5 Å². The molecule has 0 aliphatic heterocycles. The summed E-state index contributed by atoms with van der Waals surface area (Å²) in [5.41, 5.74) is 6.48. The molecule has 0 aromatic carbocycles. The lowest BCUT2D eigenvalue weighted by Gasteiger charge is -2.27. The zero-order chi connectivity index (χ0) is 12.8. The molecule has 2 N–H and O–H groups in total. The summed E-state index contributed by atoms with van der Waals surface area (Å²) in [6.45, 7) is 6.51. The van der Waals surface area contributed by atoms with Gasteiger partial charge in [-0.2, -0.15) is 0 Å². The van der Waals surface area contributed by atoms with Crippen LogP contribution in [-0.4, -0.2) is 36.2 Å². The van der Waals surface area contributed by atoms with Crippen molar-refractivity contribution in [2.45, 2.75) is 26.4 Å². The van der Waals surface area contributed by atoms with Gasteiger partial charge in [-0.25, -0.2) is 4.98 Å². The van der Waals surface area contributed by atoms with E-state index in [9.17, 15) is 0 Å². The van der Waals surface area contributed by atoms with E-state index in [1.165, 1.54) is 0 Å². The maximum absolute atomic E-state index is 6.10. The van der Waals surface area contributed by atoms with Gasteiger partial charge in [0.05, 0.1) is 17.3 Å². The van der Waals surface area contributed by atoms with Gasteiger partial charge in [-0.15, -0.1) is 0 Å². The topological polar surface area (TPSA) is 51.4 Å². The minimum atomic E-state index is 0.323. The highest BCUT2D eigenvalue weighted by molar-refractivity contribution is 6.31. The molecule has 5 heteroatoms. The van der Waals surface area contributed by atoms with Crippen molar-refractivity contribution in [3.63, 3.8) is 0 Å². The summed E-state index contributed by atoms with van der Waals surface area (Å²) < 4.78 is 5.16. The second-order valence-electron chi connectivity index (χ2n) is 4.03. The largest absolute Gasteiger partial charge is 0.384 e. The number of aromatic nitrogens is 1. The van der Waals surface area contributed by atoms with E-state index in [0.29, 0.717) is 30.0 Å². The summed E-state index contributed by atoms with van der Waals surface area (Å²) in [4.78, 5) is 6.51. The van der Waals surface area contributed by atoms with Crippen molar-refractivity contribution >= 4 is 17.4 Å². The number of methoxy groups -OCH3 is 1. The fraction of sp³-hybridized carbons (Fsp3) is 0.583. The summed E-state index contributed by atoms with van der Waals surface area (Å²) in [6, 6.07) is 3.82. The van der Waals surface area contributed by atoms with Gasteiger partial charge in [0.1, 0.15) is 5.82 Å². The molecule has 1 atom stereocenters. The summed E-state index contributed by atoms with van der Waals surface area (Å²) in [6.07, 6.45) is 0. The molecule has 96 valence electrons. The Bertz CT molecular complexity index is 360. The molecule has 0 saturated carbocycles. The number of hydrogen-bond donors (Lipinski definition) is 1. The minimum Gasteiger partial charge on any atom is -0.384 e. The molecule has 1 aromatic rings. The van der Waals surface area contributed by atoms with Crippen LogP contribution in [0.25, 0.3) is 0 Å². The maximum atomic E-state index is 6.10. The predicted octanol–water partition coefficient (Wildman–Crippen LogP) is 2.17. The molecule has 0 fully saturated rings. The van der Waals surface area contributed by atoms with E-state index in [1.54, 1.807) is 19.2 Å². The van der Waals surface area contributed by atoms with Crippen molar-refractivity contribution in [1.29, 1.82) is 0 Å². The zero-order valence-electron chi connectivity index (χ0n) is 10.6. The monoisotopic (exact) mass is 257 g/mol. The molecular weight excluding hydrogens is 238 g/mol. The highest BCUT2D eigenvalue weighted by Gasteiger charge is 2.14. The van der Waals surface area contributed by atoms with Crippen LogP contribution in [0.4, 0.5) is 5.82 Å². The van der Waals surface area contributed by atoms with Crippen molar-refractivity contribution in [2.24, 2.45) is 0 Å². The van der Waals surface area contributed by atoms with Crippen LogP contribution in [0, 0.1) is 0 Å². The number of hydrogen-bond acceptors (Lipinski definition) is 4. The van der Waals surface area contributed by atoms with Crippen molar-refractivity contribution in [3.05, 3.63) is 22.8 Å². The normalized spacial score (nSPS) is 13.0. The Hall–Kier alpha value is -0.840. The predicted molar refractivity (Wildman–Crippen MR) is 71.1 cm³/mol. The number of anilines is 1. The van der Waals surface area contributed by atoms with Gasteiger partial charge in [-0.05, 0) is 25.6 Å². The highest BCUT2D eigenvalue weighted by Crippen LogP contribution is 2.18. The molecule has 1 rings (SSSR count). The van der Waals surface area contributed by atoms with E-state index >= 15 is 0 Å². The number of rotatable bonds is 6. The standard InChI is InChI=1S/C12H20ClN3O/c1-4-16(9(2)8-17-3)7-11-10(13)5-6-12(14)15-11/h5-6,9H,4,7-8H2,1-3H3,(H2,14,15). The van der Waals surface area contributed by atoms with Crippen LogP contribution < -0.4 is 5.73 Å². The third kappa shape index (κ3) is 4.15. The lowest BCUT2D eigenvalue weighted by atomic mass is 10.2. The van der Waals surface area contributed by atoms with Gasteiger partial charge in [0.15, 0.2) is 0 Å². The molecule has 0 aliphatic carbocycles. The van der Waals surface area contributed by atoms with Crippen molar-refractivity contribution in [1.82, 2.24) is 9.88 Å². The third-order valence-corrected chi connectivity index (χ3v) is 3.07. The molecule has 4 nitrogen and oxygen atoms in total. The smallest absolute Gasteiger partial charge is 0.123 e.